The molecule has 1 N–H and O–H groups in total. The third kappa shape index (κ3) is 5.64. The largest absolute Gasteiger partial charge is 0.475 e. The highest BCUT2D eigenvalue weighted by Gasteiger charge is 2.14. The van der Waals surface area contributed by atoms with Crippen LogP contribution in [0, 0.1) is 0 Å². The Morgan fingerprint density at radius 1 is 1.14 bits per heavy atom. The number of hydrogen-bond donors (Lipinski definition) is 1. The lowest BCUT2D eigenvalue weighted by Crippen LogP contribution is -2.28. The second-order valence-electron chi connectivity index (χ2n) is 6.78. The van der Waals surface area contributed by atoms with Crippen molar-refractivity contribution in [3.63, 3.8) is 0 Å². The van der Waals surface area contributed by atoms with Crippen LogP contribution in [0.2, 0.25) is 0 Å². The van der Waals surface area contributed by atoms with Gasteiger partial charge in [-0.15, -0.1) is 11.8 Å². The Hall–Kier alpha value is -2.71. The molecule has 0 bridgehead atoms. The molecule has 3 rings (SSSR count). The van der Waals surface area contributed by atoms with Crippen LogP contribution < -0.4 is 10.3 Å². The van der Waals surface area contributed by atoms with Gasteiger partial charge in [0, 0.05) is 36.1 Å². The minimum Gasteiger partial charge on any atom is -0.475 e. The van der Waals surface area contributed by atoms with Crippen LogP contribution in [0.3, 0.4) is 0 Å². The van der Waals surface area contributed by atoms with Gasteiger partial charge in [-0.3, -0.25) is 14.3 Å². The van der Waals surface area contributed by atoms with E-state index in [4.69, 9.17) is 4.74 Å². The standard InChI is InChI=1S/C20H22N4O3S/c1-20(2,26)14-27-17-7-6-16(13-23-17)24-11-10-22-18(19(24)25)28-12-8-15-5-3-4-9-21-15/h3-7,9-11,13,26H,8,12,14H2,1-2H3. The molecule has 0 saturated heterocycles. The van der Waals surface area contributed by atoms with Crippen LogP contribution in [-0.4, -0.2) is 42.6 Å². The van der Waals surface area contributed by atoms with Gasteiger partial charge in [0.2, 0.25) is 5.88 Å². The number of aliphatic hydroxyl groups is 1. The molecule has 0 saturated carbocycles. The zero-order chi connectivity index (χ0) is 20.0. The van der Waals surface area contributed by atoms with Crippen LogP contribution in [0.4, 0.5) is 0 Å². The van der Waals surface area contributed by atoms with Crippen molar-refractivity contribution in [3.05, 3.63) is 71.2 Å². The van der Waals surface area contributed by atoms with Gasteiger partial charge in [-0.1, -0.05) is 6.07 Å². The topological polar surface area (TPSA) is 90.1 Å². The first-order chi connectivity index (χ1) is 13.4. The van der Waals surface area contributed by atoms with Crippen molar-refractivity contribution in [1.82, 2.24) is 19.5 Å². The van der Waals surface area contributed by atoms with Gasteiger partial charge in [-0.05, 0) is 38.5 Å². The van der Waals surface area contributed by atoms with E-state index in [1.807, 2.05) is 18.2 Å². The first-order valence-corrected chi connectivity index (χ1v) is 9.83. The molecular weight excluding hydrogens is 376 g/mol. The molecule has 0 radical (unpaired) electrons. The summed E-state index contributed by atoms with van der Waals surface area (Å²) in [5.41, 5.74) is 0.469. The summed E-state index contributed by atoms with van der Waals surface area (Å²) < 4.78 is 6.94. The molecule has 3 aromatic rings. The summed E-state index contributed by atoms with van der Waals surface area (Å²) in [6.45, 7) is 3.45. The third-order valence-electron chi connectivity index (χ3n) is 3.70. The number of nitrogens with zero attached hydrogens (tertiary/aromatic N) is 4. The average Bonchev–Trinajstić information content (AvgIpc) is 2.68. The number of aromatic nitrogens is 4. The summed E-state index contributed by atoms with van der Waals surface area (Å²) in [5, 5.41) is 10.1. The number of thioether (sulfide) groups is 1. The van der Waals surface area contributed by atoms with E-state index in [1.54, 1.807) is 50.8 Å². The van der Waals surface area contributed by atoms with Gasteiger partial charge in [0.25, 0.3) is 5.56 Å². The Labute approximate surface area is 167 Å². The van der Waals surface area contributed by atoms with Crippen molar-refractivity contribution in [3.8, 4) is 11.6 Å². The van der Waals surface area contributed by atoms with Gasteiger partial charge < -0.3 is 9.84 Å². The van der Waals surface area contributed by atoms with Crippen molar-refractivity contribution >= 4 is 11.8 Å². The zero-order valence-electron chi connectivity index (χ0n) is 15.8. The third-order valence-corrected chi connectivity index (χ3v) is 4.67. The van der Waals surface area contributed by atoms with Crippen LogP contribution in [-0.2, 0) is 6.42 Å². The van der Waals surface area contributed by atoms with E-state index in [0.29, 0.717) is 22.3 Å². The molecule has 0 aliphatic carbocycles. The van der Waals surface area contributed by atoms with E-state index in [-0.39, 0.29) is 12.2 Å². The van der Waals surface area contributed by atoms with Crippen LogP contribution in [0.1, 0.15) is 19.5 Å². The normalized spacial score (nSPS) is 11.4. The molecule has 28 heavy (non-hydrogen) atoms. The fourth-order valence-corrected chi connectivity index (χ4v) is 3.21. The maximum absolute atomic E-state index is 12.7. The molecule has 146 valence electrons. The summed E-state index contributed by atoms with van der Waals surface area (Å²) in [6.07, 6.45) is 7.29. The molecule has 0 fully saturated rings. The second-order valence-corrected chi connectivity index (χ2v) is 7.87. The second kappa shape index (κ2) is 8.99. The number of aryl methyl sites for hydroxylation is 1. The highest BCUT2D eigenvalue weighted by molar-refractivity contribution is 7.99. The first-order valence-electron chi connectivity index (χ1n) is 8.84. The Balaban J connectivity index is 1.67. The lowest BCUT2D eigenvalue weighted by atomic mass is 10.2. The maximum atomic E-state index is 12.7. The first kappa shape index (κ1) is 20.0. The Kier molecular flexibility index (Phi) is 6.43. The number of pyridine rings is 2. The SMILES string of the molecule is CC(C)(O)COc1ccc(-n2ccnc(SCCc3ccccn3)c2=O)cn1. The monoisotopic (exact) mass is 398 g/mol. The number of rotatable bonds is 8. The summed E-state index contributed by atoms with van der Waals surface area (Å²) in [5.74, 6) is 1.10. The predicted molar refractivity (Wildman–Crippen MR) is 108 cm³/mol. The molecule has 0 spiro atoms. The van der Waals surface area contributed by atoms with E-state index in [1.165, 1.54) is 16.3 Å². The molecule has 0 amide bonds. The fraction of sp³-hybridized carbons (Fsp3) is 0.300. The van der Waals surface area contributed by atoms with Crippen molar-refractivity contribution in [1.29, 1.82) is 0 Å². The molecule has 0 aliphatic rings. The molecule has 0 unspecified atom stereocenters. The van der Waals surface area contributed by atoms with Crippen molar-refractivity contribution in [2.45, 2.75) is 30.9 Å². The van der Waals surface area contributed by atoms with Gasteiger partial charge in [0.15, 0.2) is 5.03 Å². The maximum Gasteiger partial charge on any atom is 0.287 e. The minimum atomic E-state index is -0.941. The van der Waals surface area contributed by atoms with Crippen LogP contribution in [0.15, 0.2) is 64.9 Å². The predicted octanol–water partition coefficient (Wildman–Crippen LogP) is 2.51. The van der Waals surface area contributed by atoms with Gasteiger partial charge in [-0.2, -0.15) is 0 Å². The molecule has 0 aliphatic heterocycles. The quantitative estimate of drug-likeness (QED) is 0.583. The molecule has 8 heteroatoms. The van der Waals surface area contributed by atoms with E-state index in [2.05, 4.69) is 15.0 Å². The van der Waals surface area contributed by atoms with Crippen LogP contribution in [0.25, 0.3) is 5.69 Å². The van der Waals surface area contributed by atoms with Gasteiger partial charge in [-0.25, -0.2) is 9.97 Å². The summed E-state index contributed by atoms with van der Waals surface area (Å²) in [4.78, 5) is 25.4. The highest BCUT2D eigenvalue weighted by atomic mass is 32.2. The molecule has 0 aromatic carbocycles. The zero-order valence-corrected chi connectivity index (χ0v) is 16.6. The van der Waals surface area contributed by atoms with Crippen LogP contribution in [0.5, 0.6) is 5.88 Å². The van der Waals surface area contributed by atoms with Crippen molar-refractivity contribution < 1.29 is 9.84 Å². The van der Waals surface area contributed by atoms with Gasteiger partial charge in [0.05, 0.1) is 17.5 Å². The van der Waals surface area contributed by atoms with Crippen molar-refractivity contribution in [2.24, 2.45) is 0 Å². The molecule has 7 nitrogen and oxygen atoms in total. The number of ether oxygens (including phenoxy) is 1. The van der Waals surface area contributed by atoms with E-state index in [0.717, 1.165) is 12.1 Å². The van der Waals surface area contributed by atoms with Gasteiger partial charge in [0.1, 0.15) is 6.61 Å². The summed E-state index contributed by atoms with van der Waals surface area (Å²) in [6, 6.07) is 9.20. The fourth-order valence-electron chi connectivity index (χ4n) is 2.35. The van der Waals surface area contributed by atoms with E-state index in [9.17, 15) is 9.90 Å². The van der Waals surface area contributed by atoms with Gasteiger partial charge >= 0.3 is 0 Å². The minimum absolute atomic E-state index is 0.131. The number of hydrogen-bond acceptors (Lipinski definition) is 7. The van der Waals surface area contributed by atoms with E-state index < -0.39 is 5.60 Å². The molecular formula is C20H22N4O3S. The summed E-state index contributed by atoms with van der Waals surface area (Å²) in [7, 11) is 0. The van der Waals surface area contributed by atoms with Crippen molar-refractivity contribution in [2.75, 3.05) is 12.4 Å². The Morgan fingerprint density at radius 3 is 2.68 bits per heavy atom. The average molecular weight is 398 g/mol. The Morgan fingerprint density at radius 2 is 2.00 bits per heavy atom. The highest BCUT2D eigenvalue weighted by Crippen LogP contribution is 2.15. The summed E-state index contributed by atoms with van der Waals surface area (Å²) >= 11 is 1.41. The molecule has 3 heterocycles. The Bertz CT molecular complexity index is 954. The molecule has 0 atom stereocenters. The lowest BCUT2D eigenvalue weighted by molar-refractivity contribution is 0.0268. The molecule has 3 aromatic heterocycles. The van der Waals surface area contributed by atoms with E-state index >= 15 is 0 Å². The lowest BCUT2D eigenvalue weighted by Gasteiger charge is -2.17. The smallest absolute Gasteiger partial charge is 0.287 e. The van der Waals surface area contributed by atoms with Crippen LogP contribution >= 0.6 is 11.8 Å².